The molecule has 0 aliphatic rings. The Kier molecular flexibility index (Phi) is 9.42. The van der Waals surface area contributed by atoms with E-state index in [4.69, 9.17) is 8.83 Å². The molecule has 0 bridgehead atoms. The van der Waals surface area contributed by atoms with Crippen molar-refractivity contribution in [3.63, 3.8) is 0 Å². The van der Waals surface area contributed by atoms with Crippen LogP contribution in [0.15, 0.2) is 264 Å². The first kappa shape index (κ1) is 40.4. The Balaban J connectivity index is 0.899. The lowest BCUT2D eigenvalue weighted by molar-refractivity contribution is 0.663. The summed E-state index contributed by atoms with van der Waals surface area (Å²) in [4.78, 5) is 9.14. The van der Waals surface area contributed by atoms with E-state index in [1.165, 1.54) is 16.3 Å². The minimum Gasteiger partial charge on any atom is -0.456 e. The summed E-state index contributed by atoms with van der Waals surface area (Å²) in [6.45, 7) is 0. The van der Waals surface area contributed by atoms with Crippen LogP contribution in [-0.2, 0) is 0 Å². The van der Waals surface area contributed by atoms with E-state index >= 15 is 0 Å². The molecular formula is C65H42N4O2. The number of aromatic nitrogens is 2. The van der Waals surface area contributed by atoms with E-state index in [0.717, 1.165) is 111 Å². The highest BCUT2D eigenvalue weighted by atomic mass is 16.3. The molecule has 10 aromatic carbocycles. The molecule has 0 saturated carbocycles. The molecule has 71 heavy (non-hydrogen) atoms. The smallest absolute Gasteiger partial charge is 0.147 e. The topological polar surface area (TPSA) is 50.6 Å². The summed E-state index contributed by atoms with van der Waals surface area (Å²) in [5.74, 6) is 0. The van der Waals surface area contributed by atoms with Crippen molar-refractivity contribution in [2.45, 2.75) is 0 Å². The quantitative estimate of drug-likeness (QED) is 0.144. The highest BCUT2D eigenvalue weighted by Gasteiger charge is 2.24. The average molecular weight is 911 g/mol. The van der Waals surface area contributed by atoms with Crippen molar-refractivity contribution in [2.24, 2.45) is 0 Å². The number of fused-ring (bicyclic) bond motifs is 10. The van der Waals surface area contributed by atoms with Crippen LogP contribution in [0.5, 0.6) is 0 Å². The Morgan fingerprint density at radius 3 is 1.72 bits per heavy atom. The van der Waals surface area contributed by atoms with E-state index in [2.05, 4.69) is 256 Å². The van der Waals surface area contributed by atoms with E-state index in [1.807, 2.05) is 18.5 Å². The number of anilines is 6. The zero-order valence-corrected chi connectivity index (χ0v) is 38.4. The Labute approximate surface area is 409 Å². The van der Waals surface area contributed by atoms with Crippen LogP contribution in [0.25, 0.3) is 93.6 Å². The number of hydrogen-bond acceptors (Lipinski definition) is 5. The van der Waals surface area contributed by atoms with Gasteiger partial charge in [-0.15, -0.1) is 0 Å². The molecule has 0 aliphatic carbocycles. The van der Waals surface area contributed by atoms with Gasteiger partial charge in [0.1, 0.15) is 22.3 Å². The Morgan fingerprint density at radius 1 is 0.338 bits per heavy atom. The van der Waals surface area contributed by atoms with E-state index in [9.17, 15) is 0 Å². The van der Waals surface area contributed by atoms with Crippen LogP contribution in [0.4, 0.5) is 34.1 Å². The largest absolute Gasteiger partial charge is 0.456 e. The average Bonchev–Trinajstić information content (AvgIpc) is 4.12. The molecule has 0 N–H and O–H groups in total. The molecule has 14 aromatic rings. The van der Waals surface area contributed by atoms with Crippen molar-refractivity contribution >= 4 is 99.8 Å². The van der Waals surface area contributed by atoms with Crippen molar-refractivity contribution in [3.8, 4) is 27.9 Å². The van der Waals surface area contributed by atoms with Crippen LogP contribution in [0.2, 0.25) is 0 Å². The zero-order chi connectivity index (χ0) is 46.8. The Bertz CT molecular complexity index is 4290. The predicted octanol–water partition coefficient (Wildman–Crippen LogP) is 18.3. The third-order valence-corrected chi connectivity index (χ3v) is 13.8. The van der Waals surface area contributed by atoms with Crippen molar-refractivity contribution in [2.75, 3.05) is 9.80 Å². The Morgan fingerprint density at radius 2 is 0.930 bits per heavy atom. The maximum atomic E-state index is 6.96. The van der Waals surface area contributed by atoms with Gasteiger partial charge in [0.05, 0.1) is 39.4 Å². The molecule has 6 heteroatoms. The van der Waals surface area contributed by atoms with Gasteiger partial charge in [-0.3, -0.25) is 4.98 Å². The normalized spacial score (nSPS) is 11.7. The highest BCUT2D eigenvalue weighted by Crippen LogP contribution is 2.48. The van der Waals surface area contributed by atoms with Crippen molar-refractivity contribution in [3.05, 3.63) is 255 Å². The van der Waals surface area contributed by atoms with E-state index in [0.29, 0.717) is 0 Å². The number of furan rings is 2. The van der Waals surface area contributed by atoms with Crippen molar-refractivity contribution in [1.82, 2.24) is 9.55 Å². The second kappa shape index (κ2) is 16.5. The van der Waals surface area contributed by atoms with E-state index in [-0.39, 0.29) is 0 Å². The Hall–Kier alpha value is -9.65. The number of benzene rings is 10. The first-order valence-corrected chi connectivity index (χ1v) is 23.9. The molecule has 6 nitrogen and oxygen atoms in total. The monoisotopic (exact) mass is 910 g/mol. The van der Waals surface area contributed by atoms with Gasteiger partial charge >= 0.3 is 0 Å². The summed E-state index contributed by atoms with van der Waals surface area (Å²) >= 11 is 0. The van der Waals surface area contributed by atoms with Gasteiger partial charge in [0.15, 0.2) is 0 Å². The van der Waals surface area contributed by atoms with Gasteiger partial charge in [-0.25, -0.2) is 0 Å². The molecule has 0 spiro atoms. The molecule has 334 valence electrons. The highest BCUT2D eigenvalue weighted by molar-refractivity contribution is 6.24. The van der Waals surface area contributed by atoms with Crippen molar-refractivity contribution in [1.29, 1.82) is 0 Å². The fraction of sp³-hybridized carbons (Fsp3) is 0. The van der Waals surface area contributed by atoms with Gasteiger partial charge in [0.2, 0.25) is 0 Å². The molecule has 0 radical (unpaired) electrons. The molecule has 0 atom stereocenters. The van der Waals surface area contributed by atoms with Gasteiger partial charge in [0.25, 0.3) is 0 Å². The number of para-hydroxylation sites is 3. The number of rotatable bonds is 9. The van der Waals surface area contributed by atoms with Crippen LogP contribution in [-0.4, -0.2) is 9.55 Å². The lowest BCUT2D eigenvalue weighted by Crippen LogP contribution is -2.13. The van der Waals surface area contributed by atoms with Gasteiger partial charge in [-0.2, -0.15) is 0 Å². The van der Waals surface area contributed by atoms with Gasteiger partial charge in [-0.05, 0) is 138 Å². The molecule has 0 fully saturated rings. The van der Waals surface area contributed by atoms with Crippen molar-refractivity contribution < 1.29 is 8.83 Å². The standard InChI is InChI=1S/C65H42N4O2/c1-4-16-43(17-5-1)44-18-12-23-49(38-44)67(47-19-6-2-7-20-47)50-24-13-25-51(41-50)68(48-21-8-3-9-22-48)58-29-14-30-60-63(58)56-35-36-61-64(65(56)71-60)55-34-32-46(40-62(55)70-61)45-31-33-54-53-27-10-11-28-57(53)69(59(54)39-45)52-26-15-37-66-42-52/h1-42H. The summed E-state index contributed by atoms with van der Waals surface area (Å²) in [7, 11) is 0. The fourth-order valence-electron chi connectivity index (χ4n) is 10.7. The second-order valence-electron chi connectivity index (χ2n) is 18.0. The molecule has 0 amide bonds. The van der Waals surface area contributed by atoms with Crippen LogP contribution >= 0.6 is 0 Å². The summed E-state index contributed by atoms with van der Waals surface area (Å²) in [6.07, 6.45) is 3.74. The lowest BCUT2D eigenvalue weighted by Gasteiger charge is -2.30. The first-order valence-electron chi connectivity index (χ1n) is 23.9. The minimum atomic E-state index is 0.780. The molecule has 4 heterocycles. The van der Waals surface area contributed by atoms with Crippen LogP contribution in [0.3, 0.4) is 0 Å². The number of nitrogens with zero attached hydrogens (tertiary/aromatic N) is 4. The maximum Gasteiger partial charge on any atom is 0.147 e. The molecule has 4 aromatic heterocycles. The van der Waals surface area contributed by atoms with Crippen LogP contribution < -0.4 is 9.80 Å². The van der Waals surface area contributed by atoms with E-state index in [1.54, 1.807) is 0 Å². The zero-order valence-electron chi connectivity index (χ0n) is 38.4. The molecule has 0 aliphatic heterocycles. The first-order chi connectivity index (χ1) is 35.2. The van der Waals surface area contributed by atoms with Gasteiger partial charge in [-0.1, -0.05) is 127 Å². The summed E-state index contributed by atoms with van der Waals surface area (Å²) < 4.78 is 16.0. The van der Waals surface area contributed by atoms with Gasteiger partial charge < -0.3 is 23.2 Å². The molecule has 0 saturated heterocycles. The third-order valence-electron chi connectivity index (χ3n) is 13.8. The third kappa shape index (κ3) is 6.76. The molecule has 0 unspecified atom stereocenters. The molecule has 14 rings (SSSR count). The molecular weight excluding hydrogens is 869 g/mol. The predicted molar refractivity (Wildman–Crippen MR) is 293 cm³/mol. The lowest BCUT2D eigenvalue weighted by atomic mass is 10.0. The van der Waals surface area contributed by atoms with Crippen LogP contribution in [0, 0.1) is 0 Å². The summed E-state index contributed by atoms with van der Waals surface area (Å²) in [6, 6.07) is 85.9. The summed E-state index contributed by atoms with van der Waals surface area (Å²) in [5.41, 5.74) is 17.2. The number of hydrogen-bond donors (Lipinski definition) is 0. The van der Waals surface area contributed by atoms with Crippen LogP contribution in [0.1, 0.15) is 0 Å². The summed E-state index contributed by atoms with van der Waals surface area (Å²) in [5, 5.41) is 6.41. The maximum absolute atomic E-state index is 6.96. The SMILES string of the molecule is c1ccc(-c2cccc(N(c3ccccc3)c3cccc(N(c4ccccc4)c4cccc5oc6c(ccc7oc8cc(-c9ccc%10c%11ccccc%11n(-c%11cccnc%11)c%10c9)ccc8c76)c45)c3)c2)cc1. The fourth-order valence-corrected chi connectivity index (χ4v) is 10.7. The minimum absolute atomic E-state index is 0.780. The second-order valence-corrected chi connectivity index (χ2v) is 18.0. The number of pyridine rings is 1. The van der Waals surface area contributed by atoms with Gasteiger partial charge in [0, 0.05) is 56.2 Å². The van der Waals surface area contributed by atoms with E-state index < -0.39 is 0 Å².